The minimum Gasteiger partial charge on any atom is -0.423 e. The summed E-state index contributed by atoms with van der Waals surface area (Å²) in [6, 6.07) is 23.5. The van der Waals surface area contributed by atoms with Gasteiger partial charge in [0, 0.05) is 7.11 Å². The van der Waals surface area contributed by atoms with Crippen molar-refractivity contribution in [2.24, 2.45) is 0 Å². The van der Waals surface area contributed by atoms with Crippen LogP contribution in [0.3, 0.4) is 0 Å². The fourth-order valence-corrected chi connectivity index (χ4v) is 3.15. The van der Waals surface area contributed by atoms with Crippen molar-refractivity contribution in [1.82, 2.24) is 0 Å². The normalized spacial score (nSPS) is 11.8. The monoisotopic (exact) mass is 388 g/mol. The zero-order chi connectivity index (χ0) is 20.6. The summed E-state index contributed by atoms with van der Waals surface area (Å²) >= 11 is 0. The molecule has 0 saturated carbocycles. The number of aryl methyl sites for hydroxylation is 1. The van der Waals surface area contributed by atoms with Crippen LogP contribution in [0.5, 0.6) is 5.75 Å². The topological polar surface area (TPSA) is 35.5 Å². The number of carbonyl (C=O) groups is 1. The second-order valence-corrected chi connectivity index (χ2v) is 7.21. The number of carbonyl (C=O) groups excluding carboxylic acids is 1. The number of esters is 1. The lowest BCUT2D eigenvalue weighted by Gasteiger charge is -2.11. The van der Waals surface area contributed by atoms with E-state index in [2.05, 4.69) is 31.2 Å². The Hall–Kier alpha value is -2.91. The van der Waals surface area contributed by atoms with Gasteiger partial charge in [-0.15, -0.1) is 0 Å². The second kappa shape index (κ2) is 10.0. The number of rotatable bonds is 8. The number of ether oxygens (including phenoxy) is 2. The molecule has 3 aromatic rings. The Bertz CT molecular complexity index is 910. The average molecular weight is 389 g/mol. The van der Waals surface area contributed by atoms with Gasteiger partial charge in [0.05, 0.1) is 11.7 Å². The molecule has 0 aliphatic carbocycles. The Morgan fingerprint density at radius 2 is 1.45 bits per heavy atom. The lowest BCUT2D eigenvalue weighted by Crippen LogP contribution is -2.08. The van der Waals surface area contributed by atoms with E-state index < -0.39 is 0 Å². The average Bonchev–Trinajstić information content (AvgIpc) is 2.78. The summed E-state index contributed by atoms with van der Waals surface area (Å²) in [7, 11) is 1.71. The zero-order valence-corrected chi connectivity index (χ0v) is 17.4. The maximum absolute atomic E-state index is 12.4. The van der Waals surface area contributed by atoms with Crippen molar-refractivity contribution in [3.8, 4) is 16.9 Å². The minimum absolute atomic E-state index is 0.0712. The van der Waals surface area contributed by atoms with Crippen molar-refractivity contribution in [3.63, 3.8) is 0 Å². The van der Waals surface area contributed by atoms with Crippen LogP contribution in [-0.4, -0.2) is 13.1 Å². The van der Waals surface area contributed by atoms with Crippen LogP contribution in [0.15, 0.2) is 72.8 Å². The SMILES string of the molecule is CCCCc1ccc(OC(=O)c2ccc(-c3ccc(C(C)OC)cc3)cc2)cc1. The van der Waals surface area contributed by atoms with Gasteiger partial charge in [0.1, 0.15) is 5.75 Å². The highest BCUT2D eigenvalue weighted by molar-refractivity contribution is 5.91. The second-order valence-electron chi connectivity index (χ2n) is 7.21. The molecule has 0 aliphatic rings. The summed E-state index contributed by atoms with van der Waals surface area (Å²) in [6.07, 6.45) is 3.46. The summed E-state index contributed by atoms with van der Waals surface area (Å²) < 4.78 is 10.9. The molecule has 1 atom stereocenters. The van der Waals surface area contributed by atoms with E-state index >= 15 is 0 Å². The molecular weight excluding hydrogens is 360 g/mol. The zero-order valence-electron chi connectivity index (χ0n) is 17.4. The van der Waals surface area contributed by atoms with Crippen LogP contribution in [-0.2, 0) is 11.2 Å². The third-order valence-corrected chi connectivity index (χ3v) is 5.14. The van der Waals surface area contributed by atoms with Gasteiger partial charge in [-0.1, -0.05) is 61.9 Å². The van der Waals surface area contributed by atoms with Crippen LogP contribution in [0.1, 0.15) is 54.3 Å². The first-order valence-corrected chi connectivity index (χ1v) is 10.1. The fraction of sp³-hybridized carbons (Fsp3) is 0.269. The van der Waals surface area contributed by atoms with Crippen LogP contribution in [0.2, 0.25) is 0 Å². The Morgan fingerprint density at radius 1 is 0.862 bits per heavy atom. The molecule has 0 spiro atoms. The maximum atomic E-state index is 12.4. The van der Waals surface area contributed by atoms with Gasteiger partial charge in [-0.25, -0.2) is 4.79 Å². The first-order chi connectivity index (χ1) is 14.1. The third kappa shape index (κ3) is 5.55. The van der Waals surface area contributed by atoms with E-state index in [1.807, 2.05) is 43.3 Å². The van der Waals surface area contributed by atoms with Gasteiger partial charge < -0.3 is 9.47 Å². The van der Waals surface area contributed by atoms with E-state index in [9.17, 15) is 4.79 Å². The van der Waals surface area contributed by atoms with Crippen molar-refractivity contribution in [3.05, 3.63) is 89.5 Å². The largest absolute Gasteiger partial charge is 0.423 e. The fourth-order valence-electron chi connectivity index (χ4n) is 3.15. The molecule has 29 heavy (non-hydrogen) atoms. The van der Waals surface area contributed by atoms with Crippen LogP contribution < -0.4 is 4.74 Å². The Morgan fingerprint density at radius 3 is 2.00 bits per heavy atom. The van der Waals surface area contributed by atoms with Gasteiger partial charge in [-0.3, -0.25) is 0 Å². The molecule has 3 rings (SSSR count). The Labute approximate surface area is 173 Å². The van der Waals surface area contributed by atoms with Crippen molar-refractivity contribution in [2.75, 3.05) is 7.11 Å². The summed E-state index contributed by atoms with van der Waals surface area (Å²) in [5, 5.41) is 0. The van der Waals surface area contributed by atoms with Gasteiger partial charge >= 0.3 is 5.97 Å². The minimum atomic E-state index is -0.345. The Balaban J connectivity index is 1.64. The van der Waals surface area contributed by atoms with E-state index in [1.165, 1.54) is 18.4 Å². The maximum Gasteiger partial charge on any atom is 0.343 e. The number of methoxy groups -OCH3 is 1. The lowest BCUT2D eigenvalue weighted by atomic mass is 10.0. The number of hydrogen-bond acceptors (Lipinski definition) is 3. The summed E-state index contributed by atoms with van der Waals surface area (Å²) in [4.78, 5) is 12.4. The molecule has 3 aromatic carbocycles. The first-order valence-electron chi connectivity index (χ1n) is 10.1. The lowest BCUT2D eigenvalue weighted by molar-refractivity contribution is 0.0734. The van der Waals surface area contributed by atoms with Crippen molar-refractivity contribution >= 4 is 5.97 Å². The highest BCUT2D eigenvalue weighted by Gasteiger charge is 2.10. The van der Waals surface area contributed by atoms with Crippen molar-refractivity contribution < 1.29 is 14.3 Å². The quantitative estimate of drug-likeness (QED) is 0.321. The standard InChI is InChI=1S/C26H28O3/c1-4-5-6-20-7-17-25(18-8-20)29-26(27)24-15-13-23(14-16-24)22-11-9-21(10-12-22)19(2)28-3/h7-19H,4-6H2,1-3H3. The molecule has 3 heteroatoms. The predicted octanol–water partition coefficient (Wildman–Crippen LogP) is 6.62. The highest BCUT2D eigenvalue weighted by atomic mass is 16.5. The van der Waals surface area contributed by atoms with Crippen LogP contribution in [0.4, 0.5) is 0 Å². The molecule has 0 aromatic heterocycles. The highest BCUT2D eigenvalue weighted by Crippen LogP contribution is 2.24. The smallest absolute Gasteiger partial charge is 0.343 e. The Kier molecular flexibility index (Phi) is 7.20. The molecule has 150 valence electrons. The molecule has 1 unspecified atom stereocenters. The first kappa shape index (κ1) is 20.8. The number of benzene rings is 3. The van der Waals surface area contributed by atoms with Gasteiger partial charge in [-0.2, -0.15) is 0 Å². The van der Waals surface area contributed by atoms with E-state index in [-0.39, 0.29) is 12.1 Å². The van der Waals surface area contributed by atoms with Crippen LogP contribution >= 0.6 is 0 Å². The van der Waals surface area contributed by atoms with E-state index in [0.717, 1.165) is 23.1 Å². The van der Waals surface area contributed by atoms with Gasteiger partial charge in [0.2, 0.25) is 0 Å². The van der Waals surface area contributed by atoms with E-state index in [4.69, 9.17) is 9.47 Å². The van der Waals surface area contributed by atoms with Gasteiger partial charge in [0.25, 0.3) is 0 Å². The third-order valence-electron chi connectivity index (χ3n) is 5.14. The molecular formula is C26H28O3. The van der Waals surface area contributed by atoms with Gasteiger partial charge in [0.15, 0.2) is 0 Å². The van der Waals surface area contributed by atoms with Crippen molar-refractivity contribution in [2.45, 2.75) is 39.2 Å². The molecule has 0 amide bonds. The summed E-state index contributed by atoms with van der Waals surface area (Å²) in [6.45, 7) is 4.20. The molecule has 0 radical (unpaired) electrons. The molecule has 0 bridgehead atoms. The van der Waals surface area contributed by atoms with E-state index in [0.29, 0.717) is 11.3 Å². The number of hydrogen-bond donors (Lipinski definition) is 0. The molecule has 0 heterocycles. The summed E-state index contributed by atoms with van der Waals surface area (Å²) in [5.74, 6) is 0.226. The van der Waals surface area contributed by atoms with Gasteiger partial charge in [-0.05, 0) is 66.3 Å². The van der Waals surface area contributed by atoms with Crippen LogP contribution in [0.25, 0.3) is 11.1 Å². The summed E-state index contributed by atoms with van der Waals surface area (Å²) in [5.41, 5.74) is 5.09. The molecule has 0 N–H and O–H groups in total. The number of unbranched alkanes of at least 4 members (excludes halogenated alkanes) is 1. The van der Waals surface area contributed by atoms with E-state index in [1.54, 1.807) is 19.2 Å². The van der Waals surface area contributed by atoms with Crippen LogP contribution in [0, 0.1) is 0 Å². The molecule has 3 nitrogen and oxygen atoms in total. The molecule has 0 saturated heterocycles. The predicted molar refractivity (Wildman–Crippen MR) is 117 cm³/mol. The molecule has 0 fully saturated rings. The van der Waals surface area contributed by atoms with Crippen molar-refractivity contribution in [1.29, 1.82) is 0 Å². The molecule has 0 aliphatic heterocycles.